The van der Waals surface area contributed by atoms with Crippen LogP contribution in [0.15, 0.2) is 58.2 Å². The molecule has 1 aliphatic rings. The maximum absolute atomic E-state index is 13.2. The molecule has 1 amide bonds. The molecule has 3 heterocycles. The highest BCUT2D eigenvalue weighted by molar-refractivity contribution is 7.89. The third-order valence-corrected chi connectivity index (χ3v) is 8.05. The number of carbonyl (C=O) groups excluding carboxylic acids is 1. The minimum Gasteiger partial charge on any atom is -0.340 e. The van der Waals surface area contributed by atoms with Crippen molar-refractivity contribution < 1.29 is 17.7 Å². The third kappa shape index (κ3) is 5.02. The van der Waals surface area contributed by atoms with Crippen LogP contribution in [-0.2, 0) is 10.0 Å². The molecular weight excluding hydrogens is 454 g/mol. The average Bonchev–Trinajstić information content (AvgIpc) is 3.33. The van der Waals surface area contributed by atoms with E-state index in [9.17, 15) is 13.2 Å². The number of carbonyl (C=O) groups is 1. The van der Waals surface area contributed by atoms with Gasteiger partial charge in [0.15, 0.2) is 0 Å². The van der Waals surface area contributed by atoms with Crippen LogP contribution < -0.4 is 5.32 Å². The van der Waals surface area contributed by atoms with E-state index in [1.54, 1.807) is 36.7 Å². The Morgan fingerprint density at radius 1 is 1.18 bits per heavy atom. The van der Waals surface area contributed by atoms with E-state index in [4.69, 9.17) is 4.52 Å². The Labute approximate surface area is 199 Å². The van der Waals surface area contributed by atoms with Gasteiger partial charge in [-0.25, -0.2) is 8.42 Å². The van der Waals surface area contributed by atoms with Crippen molar-refractivity contribution in [2.45, 2.75) is 57.0 Å². The zero-order chi connectivity index (χ0) is 24.3. The number of nitrogens with zero attached hydrogens (tertiary/aromatic N) is 4. The SMILES string of the molecule is CC(C)C(NC(=O)c1cccc(S(=O)(=O)N2CCCCC2C)c1)c1nc(-c2ccncc2)no1. The number of piperidine rings is 1. The summed E-state index contributed by atoms with van der Waals surface area (Å²) in [5.41, 5.74) is 1.01. The van der Waals surface area contributed by atoms with Crippen LogP contribution in [-0.4, -0.2) is 46.3 Å². The van der Waals surface area contributed by atoms with E-state index >= 15 is 0 Å². The summed E-state index contributed by atoms with van der Waals surface area (Å²) < 4.78 is 33.4. The fraction of sp³-hybridized carbons (Fsp3) is 0.417. The maximum Gasteiger partial charge on any atom is 0.251 e. The summed E-state index contributed by atoms with van der Waals surface area (Å²) in [6, 6.07) is 9.09. The largest absolute Gasteiger partial charge is 0.340 e. The molecule has 2 unspecified atom stereocenters. The first-order chi connectivity index (χ1) is 16.3. The first-order valence-corrected chi connectivity index (χ1v) is 12.9. The molecule has 1 aliphatic heterocycles. The molecule has 0 radical (unpaired) electrons. The van der Waals surface area contributed by atoms with Crippen LogP contribution in [0.4, 0.5) is 0 Å². The highest BCUT2D eigenvalue weighted by Crippen LogP contribution is 2.27. The van der Waals surface area contributed by atoms with Gasteiger partial charge >= 0.3 is 0 Å². The Bertz CT molecular complexity index is 1240. The van der Waals surface area contributed by atoms with Gasteiger partial charge in [-0.1, -0.05) is 31.5 Å². The first kappa shape index (κ1) is 24.0. The lowest BCUT2D eigenvalue weighted by molar-refractivity contribution is 0.0913. The molecule has 2 atom stereocenters. The summed E-state index contributed by atoms with van der Waals surface area (Å²) in [7, 11) is -3.68. The van der Waals surface area contributed by atoms with E-state index in [1.165, 1.54) is 16.4 Å². The lowest BCUT2D eigenvalue weighted by Crippen LogP contribution is -2.42. The number of sulfonamides is 1. The third-order valence-electron chi connectivity index (χ3n) is 6.04. The molecule has 0 aliphatic carbocycles. The van der Waals surface area contributed by atoms with E-state index in [0.29, 0.717) is 12.4 Å². The number of rotatable bonds is 7. The summed E-state index contributed by atoms with van der Waals surface area (Å²) in [6.07, 6.45) is 5.97. The number of benzene rings is 1. The molecule has 10 heteroatoms. The van der Waals surface area contributed by atoms with Crippen molar-refractivity contribution in [3.8, 4) is 11.4 Å². The van der Waals surface area contributed by atoms with E-state index < -0.39 is 22.0 Å². The number of hydrogen-bond acceptors (Lipinski definition) is 7. The van der Waals surface area contributed by atoms with Crippen molar-refractivity contribution in [1.29, 1.82) is 0 Å². The van der Waals surface area contributed by atoms with Gasteiger partial charge in [-0.15, -0.1) is 0 Å². The predicted octanol–water partition coefficient (Wildman–Crippen LogP) is 3.82. The maximum atomic E-state index is 13.2. The second kappa shape index (κ2) is 10.0. The van der Waals surface area contributed by atoms with Crippen LogP contribution in [0.3, 0.4) is 0 Å². The Hall–Kier alpha value is -3.11. The quantitative estimate of drug-likeness (QED) is 0.543. The molecule has 1 aromatic carbocycles. The molecule has 1 saturated heterocycles. The van der Waals surface area contributed by atoms with Gasteiger partial charge in [-0.05, 0) is 56.0 Å². The first-order valence-electron chi connectivity index (χ1n) is 11.4. The molecular formula is C24H29N5O4S. The van der Waals surface area contributed by atoms with Crippen LogP contribution in [0.25, 0.3) is 11.4 Å². The average molecular weight is 484 g/mol. The summed E-state index contributed by atoms with van der Waals surface area (Å²) >= 11 is 0. The van der Waals surface area contributed by atoms with Crippen molar-refractivity contribution >= 4 is 15.9 Å². The minimum absolute atomic E-state index is 0.0456. The van der Waals surface area contributed by atoms with Crippen molar-refractivity contribution in [2.75, 3.05) is 6.54 Å². The monoisotopic (exact) mass is 483 g/mol. The molecule has 9 nitrogen and oxygen atoms in total. The summed E-state index contributed by atoms with van der Waals surface area (Å²) in [4.78, 5) is 21.7. The molecule has 1 N–H and O–H groups in total. The molecule has 0 saturated carbocycles. The molecule has 1 fully saturated rings. The zero-order valence-corrected chi connectivity index (χ0v) is 20.3. The molecule has 3 aromatic rings. The van der Waals surface area contributed by atoms with Gasteiger partial charge in [-0.3, -0.25) is 9.78 Å². The van der Waals surface area contributed by atoms with Gasteiger partial charge in [0.2, 0.25) is 21.7 Å². The van der Waals surface area contributed by atoms with E-state index in [-0.39, 0.29) is 28.3 Å². The predicted molar refractivity (Wildman–Crippen MR) is 126 cm³/mol. The van der Waals surface area contributed by atoms with Crippen LogP contribution >= 0.6 is 0 Å². The normalized spacial score (nSPS) is 18.1. The zero-order valence-electron chi connectivity index (χ0n) is 19.5. The highest BCUT2D eigenvalue weighted by Gasteiger charge is 2.32. The lowest BCUT2D eigenvalue weighted by Gasteiger charge is -2.32. The van der Waals surface area contributed by atoms with Crippen LogP contribution in [0.5, 0.6) is 0 Å². The van der Waals surface area contributed by atoms with Crippen molar-refractivity contribution in [3.63, 3.8) is 0 Å². The number of pyridine rings is 1. The van der Waals surface area contributed by atoms with Crippen LogP contribution in [0, 0.1) is 5.92 Å². The Balaban J connectivity index is 1.55. The standard InChI is InChI=1S/C24H29N5O4S/c1-16(2)21(24-27-22(28-33-24)18-10-12-25-13-11-18)26-23(30)19-8-6-9-20(15-19)34(31,32)29-14-5-4-7-17(29)3/h6,8-13,15-17,21H,4-5,7,14H2,1-3H3,(H,26,30). The van der Waals surface area contributed by atoms with Crippen molar-refractivity contribution in [1.82, 2.24) is 24.7 Å². The number of hydrogen-bond donors (Lipinski definition) is 1. The fourth-order valence-corrected chi connectivity index (χ4v) is 5.83. The molecule has 0 bridgehead atoms. The molecule has 2 aromatic heterocycles. The Kier molecular flexibility index (Phi) is 7.08. The van der Waals surface area contributed by atoms with Gasteiger partial charge in [-0.2, -0.15) is 9.29 Å². The Morgan fingerprint density at radius 3 is 2.65 bits per heavy atom. The van der Waals surface area contributed by atoms with Gasteiger partial charge in [0.1, 0.15) is 6.04 Å². The lowest BCUT2D eigenvalue weighted by atomic mass is 10.0. The molecule has 4 rings (SSSR count). The van der Waals surface area contributed by atoms with Crippen molar-refractivity contribution in [3.05, 3.63) is 60.2 Å². The minimum atomic E-state index is -3.68. The molecule has 180 valence electrons. The summed E-state index contributed by atoms with van der Waals surface area (Å²) in [5.74, 6) is 0.226. The van der Waals surface area contributed by atoms with Crippen LogP contribution in [0.1, 0.15) is 62.3 Å². The number of amides is 1. The van der Waals surface area contributed by atoms with E-state index in [1.807, 2.05) is 20.8 Å². The second-order valence-electron chi connectivity index (χ2n) is 8.88. The highest BCUT2D eigenvalue weighted by atomic mass is 32.2. The van der Waals surface area contributed by atoms with Gasteiger partial charge < -0.3 is 9.84 Å². The summed E-state index contributed by atoms with van der Waals surface area (Å²) in [6.45, 7) is 6.28. The molecule has 0 spiro atoms. The van der Waals surface area contributed by atoms with E-state index in [2.05, 4.69) is 20.4 Å². The van der Waals surface area contributed by atoms with E-state index in [0.717, 1.165) is 24.8 Å². The Morgan fingerprint density at radius 2 is 1.94 bits per heavy atom. The molecule has 34 heavy (non-hydrogen) atoms. The smallest absolute Gasteiger partial charge is 0.251 e. The summed E-state index contributed by atoms with van der Waals surface area (Å²) in [5, 5.41) is 6.95. The van der Waals surface area contributed by atoms with Gasteiger partial charge in [0.05, 0.1) is 4.90 Å². The number of aromatic nitrogens is 3. The van der Waals surface area contributed by atoms with Crippen LogP contribution in [0.2, 0.25) is 0 Å². The topological polar surface area (TPSA) is 118 Å². The fourth-order valence-electron chi connectivity index (χ4n) is 4.08. The van der Waals surface area contributed by atoms with Crippen molar-refractivity contribution in [2.24, 2.45) is 5.92 Å². The number of nitrogens with one attached hydrogen (secondary N) is 1. The van der Waals surface area contributed by atoms with Gasteiger partial charge in [0, 0.05) is 36.1 Å². The second-order valence-corrected chi connectivity index (χ2v) is 10.8. The van der Waals surface area contributed by atoms with Gasteiger partial charge in [0.25, 0.3) is 5.91 Å².